The van der Waals surface area contributed by atoms with Crippen LogP contribution in [-0.4, -0.2) is 56.7 Å². The lowest BCUT2D eigenvalue weighted by molar-refractivity contribution is -0.120. The maximum absolute atomic E-state index is 12.2. The molecule has 0 saturated carbocycles. The molecule has 3 rings (SSSR count). The third-order valence-electron chi connectivity index (χ3n) is 4.78. The van der Waals surface area contributed by atoms with Crippen LogP contribution in [0.5, 0.6) is 0 Å². The average Bonchev–Trinajstić information content (AvgIpc) is 3.15. The Labute approximate surface area is 148 Å². The van der Waals surface area contributed by atoms with E-state index in [1.54, 1.807) is 11.0 Å². The number of rotatable bonds is 6. The Kier molecular flexibility index (Phi) is 5.75. The summed E-state index contributed by atoms with van der Waals surface area (Å²) in [6, 6.07) is 8.30. The maximum Gasteiger partial charge on any atom is 0.224 e. The molecule has 2 heterocycles. The van der Waals surface area contributed by atoms with Gasteiger partial charge in [-0.25, -0.2) is 4.68 Å². The molecule has 0 radical (unpaired) electrons. The molecule has 0 bridgehead atoms. The Balaban J connectivity index is 1.46. The first-order valence-electron chi connectivity index (χ1n) is 8.95. The van der Waals surface area contributed by atoms with Crippen molar-refractivity contribution >= 4 is 5.91 Å². The molecule has 1 aromatic heterocycles. The highest BCUT2D eigenvalue weighted by atomic mass is 16.1. The van der Waals surface area contributed by atoms with Gasteiger partial charge >= 0.3 is 0 Å². The Morgan fingerprint density at radius 3 is 2.80 bits per heavy atom. The fraction of sp³-hybridized carbons (Fsp3) is 0.556. The number of carbonyl (C=O) groups is 1. The molecule has 1 N–H and O–H groups in total. The van der Waals surface area contributed by atoms with Crippen LogP contribution in [0.3, 0.4) is 0 Å². The number of benzene rings is 1. The van der Waals surface area contributed by atoms with Crippen LogP contribution in [0.4, 0.5) is 0 Å². The molecule has 1 aromatic carbocycles. The maximum atomic E-state index is 12.2. The first-order valence-corrected chi connectivity index (χ1v) is 8.95. The number of amides is 1. The zero-order valence-electron chi connectivity index (χ0n) is 14.9. The van der Waals surface area contributed by atoms with Gasteiger partial charge in [-0.05, 0) is 67.3 Å². The molecule has 1 fully saturated rings. The van der Waals surface area contributed by atoms with Gasteiger partial charge in [0.2, 0.25) is 5.91 Å². The van der Waals surface area contributed by atoms with Gasteiger partial charge in [0.05, 0.1) is 12.1 Å². The van der Waals surface area contributed by atoms with Crippen LogP contribution >= 0.6 is 0 Å². The summed E-state index contributed by atoms with van der Waals surface area (Å²) in [6.07, 6.45) is 4.37. The van der Waals surface area contributed by atoms with E-state index in [4.69, 9.17) is 0 Å². The fourth-order valence-electron chi connectivity index (χ4n) is 3.29. The van der Waals surface area contributed by atoms with Crippen LogP contribution < -0.4 is 5.32 Å². The van der Waals surface area contributed by atoms with E-state index in [-0.39, 0.29) is 5.91 Å². The zero-order chi connectivity index (χ0) is 17.6. The Morgan fingerprint density at radius 2 is 2.12 bits per heavy atom. The summed E-state index contributed by atoms with van der Waals surface area (Å²) in [5, 5.41) is 14.2. The standard InChI is InChI=1S/C18H26N6O/c1-14(2)23-9-3-4-16(12-23)11-19-18(25)10-15-5-7-17(8-6-15)24-13-20-21-22-24/h5-8,13-14,16H,3-4,9-12H2,1-2H3,(H,19,25). The molecule has 1 atom stereocenters. The van der Waals surface area contributed by atoms with Gasteiger partial charge in [-0.15, -0.1) is 5.10 Å². The summed E-state index contributed by atoms with van der Waals surface area (Å²) < 4.78 is 1.59. The molecule has 1 amide bonds. The summed E-state index contributed by atoms with van der Waals surface area (Å²) in [5.74, 6) is 0.638. The first-order chi connectivity index (χ1) is 12.1. The van der Waals surface area contributed by atoms with Gasteiger partial charge in [0.15, 0.2) is 0 Å². The second-order valence-electron chi connectivity index (χ2n) is 7.00. The van der Waals surface area contributed by atoms with E-state index in [9.17, 15) is 4.79 Å². The van der Waals surface area contributed by atoms with Crippen LogP contribution in [0.15, 0.2) is 30.6 Å². The number of nitrogens with one attached hydrogen (secondary N) is 1. The summed E-state index contributed by atoms with van der Waals surface area (Å²) in [6.45, 7) is 7.50. The van der Waals surface area contributed by atoms with Gasteiger partial charge in [0, 0.05) is 19.1 Å². The van der Waals surface area contributed by atoms with Crippen molar-refractivity contribution in [1.82, 2.24) is 30.4 Å². The van der Waals surface area contributed by atoms with Crippen LogP contribution in [0, 0.1) is 5.92 Å². The van der Waals surface area contributed by atoms with E-state index in [0.717, 1.165) is 24.3 Å². The predicted molar refractivity (Wildman–Crippen MR) is 95.3 cm³/mol. The minimum atomic E-state index is 0.0804. The molecular formula is C18H26N6O. The third-order valence-corrected chi connectivity index (χ3v) is 4.78. The summed E-state index contributed by atoms with van der Waals surface area (Å²) in [5.41, 5.74) is 1.87. The second kappa shape index (κ2) is 8.20. The van der Waals surface area contributed by atoms with E-state index in [0.29, 0.717) is 18.4 Å². The van der Waals surface area contributed by atoms with Crippen LogP contribution in [-0.2, 0) is 11.2 Å². The number of likely N-dealkylation sites (tertiary alicyclic amines) is 1. The zero-order valence-corrected chi connectivity index (χ0v) is 14.9. The third kappa shape index (κ3) is 4.85. The van der Waals surface area contributed by atoms with Crippen molar-refractivity contribution in [3.63, 3.8) is 0 Å². The molecule has 7 nitrogen and oxygen atoms in total. The lowest BCUT2D eigenvalue weighted by atomic mass is 9.97. The second-order valence-corrected chi connectivity index (χ2v) is 7.00. The highest BCUT2D eigenvalue weighted by molar-refractivity contribution is 5.78. The van der Waals surface area contributed by atoms with E-state index < -0.39 is 0 Å². The van der Waals surface area contributed by atoms with Crippen LogP contribution in [0.2, 0.25) is 0 Å². The smallest absolute Gasteiger partial charge is 0.224 e. The van der Waals surface area contributed by atoms with Gasteiger partial charge in [-0.3, -0.25) is 4.79 Å². The summed E-state index contributed by atoms with van der Waals surface area (Å²) >= 11 is 0. The van der Waals surface area contributed by atoms with E-state index >= 15 is 0 Å². The van der Waals surface area contributed by atoms with Gasteiger partial charge in [-0.1, -0.05) is 12.1 Å². The quantitative estimate of drug-likeness (QED) is 0.860. The Morgan fingerprint density at radius 1 is 1.32 bits per heavy atom. The number of hydrogen-bond acceptors (Lipinski definition) is 5. The van der Waals surface area contributed by atoms with Crippen molar-refractivity contribution in [3.8, 4) is 5.69 Å². The van der Waals surface area contributed by atoms with E-state index in [2.05, 4.69) is 39.6 Å². The molecule has 2 aromatic rings. The Bertz CT molecular complexity index is 667. The van der Waals surface area contributed by atoms with Crippen molar-refractivity contribution in [2.45, 2.75) is 39.2 Å². The first kappa shape index (κ1) is 17.5. The van der Waals surface area contributed by atoms with Crippen LogP contribution in [0.1, 0.15) is 32.3 Å². The monoisotopic (exact) mass is 342 g/mol. The van der Waals surface area contributed by atoms with E-state index in [1.165, 1.54) is 19.4 Å². The molecule has 0 aliphatic carbocycles. The average molecular weight is 342 g/mol. The SMILES string of the molecule is CC(C)N1CCCC(CNC(=O)Cc2ccc(-n3cnnn3)cc2)C1. The molecule has 1 aliphatic heterocycles. The predicted octanol–water partition coefficient (Wildman–Crippen LogP) is 1.44. The molecule has 25 heavy (non-hydrogen) atoms. The molecule has 134 valence electrons. The number of hydrogen-bond donors (Lipinski definition) is 1. The number of tetrazole rings is 1. The summed E-state index contributed by atoms with van der Waals surface area (Å²) in [4.78, 5) is 14.7. The topological polar surface area (TPSA) is 75.9 Å². The normalized spacial score (nSPS) is 18.4. The van der Waals surface area contributed by atoms with Gasteiger partial charge < -0.3 is 10.2 Å². The number of nitrogens with zero attached hydrogens (tertiary/aromatic N) is 5. The van der Waals surface area contributed by atoms with Crippen molar-refractivity contribution in [2.75, 3.05) is 19.6 Å². The highest BCUT2D eigenvalue weighted by Gasteiger charge is 2.21. The molecule has 7 heteroatoms. The number of aromatic nitrogens is 4. The molecule has 0 spiro atoms. The Hall–Kier alpha value is -2.28. The van der Waals surface area contributed by atoms with Crippen molar-refractivity contribution in [3.05, 3.63) is 36.2 Å². The highest BCUT2D eigenvalue weighted by Crippen LogP contribution is 2.17. The van der Waals surface area contributed by atoms with Crippen molar-refractivity contribution in [2.24, 2.45) is 5.92 Å². The number of piperidine rings is 1. The minimum Gasteiger partial charge on any atom is -0.355 e. The van der Waals surface area contributed by atoms with Crippen molar-refractivity contribution in [1.29, 1.82) is 0 Å². The molecule has 1 saturated heterocycles. The van der Waals surface area contributed by atoms with Crippen LogP contribution in [0.25, 0.3) is 5.69 Å². The van der Waals surface area contributed by atoms with E-state index in [1.807, 2.05) is 24.3 Å². The number of carbonyl (C=O) groups excluding carboxylic acids is 1. The molecule has 1 unspecified atom stereocenters. The molecule has 1 aliphatic rings. The fourth-order valence-corrected chi connectivity index (χ4v) is 3.29. The lowest BCUT2D eigenvalue weighted by Gasteiger charge is -2.35. The van der Waals surface area contributed by atoms with Crippen molar-refractivity contribution < 1.29 is 4.79 Å². The van der Waals surface area contributed by atoms with Gasteiger partial charge in [0.25, 0.3) is 0 Å². The van der Waals surface area contributed by atoms with Gasteiger partial charge in [-0.2, -0.15) is 0 Å². The van der Waals surface area contributed by atoms with Gasteiger partial charge in [0.1, 0.15) is 6.33 Å². The minimum absolute atomic E-state index is 0.0804. The largest absolute Gasteiger partial charge is 0.355 e. The lowest BCUT2D eigenvalue weighted by Crippen LogP contribution is -2.43. The molecular weight excluding hydrogens is 316 g/mol. The summed E-state index contributed by atoms with van der Waals surface area (Å²) in [7, 11) is 0.